The van der Waals surface area contributed by atoms with Crippen LogP contribution in [0.4, 0.5) is 17.5 Å². The zero-order valence-electron chi connectivity index (χ0n) is 22.2. The molecule has 2 aromatic heterocycles. The molecule has 0 amide bonds. The van der Waals surface area contributed by atoms with Crippen LogP contribution in [-0.2, 0) is 6.54 Å². The van der Waals surface area contributed by atoms with Crippen molar-refractivity contribution in [3.8, 4) is 0 Å². The van der Waals surface area contributed by atoms with Crippen LogP contribution in [-0.4, -0.2) is 46.6 Å². The lowest BCUT2D eigenvalue weighted by Gasteiger charge is -2.29. The fourth-order valence-electron chi connectivity index (χ4n) is 5.01. The average Bonchev–Trinajstić information content (AvgIpc) is 2.94. The maximum atomic E-state index is 11.4. The van der Waals surface area contributed by atoms with Gasteiger partial charge in [0.2, 0.25) is 5.95 Å². The summed E-state index contributed by atoms with van der Waals surface area (Å²) in [6.07, 6.45) is 6.06. The molecule has 1 aliphatic rings. The predicted octanol–water partition coefficient (Wildman–Crippen LogP) is 5.91. The average molecular weight is 544 g/mol. The molecule has 0 spiro atoms. The van der Waals surface area contributed by atoms with E-state index in [0.717, 1.165) is 64.4 Å². The first-order chi connectivity index (χ1) is 19.0. The first-order valence-corrected chi connectivity index (χ1v) is 14.1. The minimum Gasteiger partial charge on any atom is -0.362 e. The van der Waals surface area contributed by atoms with Crippen LogP contribution in [0.25, 0.3) is 10.9 Å². The Bertz CT molecular complexity index is 1430. The Morgan fingerprint density at radius 2 is 1.82 bits per heavy atom. The first-order valence-electron chi connectivity index (χ1n) is 13.2. The number of nitrogens with zero attached hydrogens (tertiary/aromatic N) is 5. The van der Waals surface area contributed by atoms with Gasteiger partial charge in [-0.25, -0.2) is 9.97 Å². The molecule has 9 nitrogen and oxygen atoms in total. The van der Waals surface area contributed by atoms with E-state index in [-0.39, 0.29) is 10.6 Å². The zero-order chi connectivity index (χ0) is 27.2. The van der Waals surface area contributed by atoms with Crippen molar-refractivity contribution in [2.24, 2.45) is 5.92 Å². The molecule has 0 radical (unpaired) electrons. The van der Waals surface area contributed by atoms with Gasteiger partial charge >= 0.3 is 0 Å². The summed E-state index contributed by atoms with van der Waals surface area (Å²) in [7, 11) is 4.01. The highest BCUT2D eigenvalue weighted by Crippen LogP contribution is 2.32. The summed E-state index contributed by atoms with van der Waals surface area (Å²) in [6, 6.07) is 19.3. The SMILES string of the molecule is CN(C)c1nc(NC2CCC(CNCc3cc([N+](=O)[O-])ccc3Sc3ccccn3)CC2)nc2ccccc12. The second kappa shape index (κ2) is 12.4. The first kappa shape index (κ1) is 26.8. The van der Waals surface area contributed by atoms with E-state index in [4.69, 9.17) is 9.97 Å². The lowest BCUT2D eigenvalue weighted by Crippen LogP contribution is -2.31. The molecule has 1 saturated carbocycles. The van der Waals surface area contributed by atoms with E-state index in [9.17, 15) is 10.1 Å². The Balaban J connectivity index is 1.16. The van der Waals surface area contributed by atoms with Gasteiger partial charge in [-0.1, -0.05) is 30.0 Å². The molecule has 1 fully saturated rings. The van der Waals surface area contributed by atoms with Gasteiger partial charge in [0.05, 0.1) is 10.4 Å². The number of nitrogens with one attached hydrogen (secondary N) is 2. The van der Waals surface area contributed by atoms with Crippen LogP contribution in [0.1, 0.15) is 31.2 Å². The molecule has 0 atom stereocenters. The summed E-state index contributed by atoms with van der Waals surface area (Å²) in [6.45, 7) is 1.45. The van der Waals surface area contributed by atoms with E-state index < -0.39 is 0 Å². The summed E-state index contributed by atoms with van der Waals surface area (Å²) >= 11 is 1.53. The summed E-state index contributed by atoms with van der Waals surface area (Å²) in [5, 5.41) is 20.4. The smallest absolute Gasteiger partial charge is 0.269 e. The normalized spacial score (nSPS) is 17.2. The maximum Gasteiger partial charge on any atom is 0.269 e. The second-order valence-corrected chi connectivity index (χ2v) is 11.2. The number of para-hydroxylation sites is 1. The van der Waals surface area contributed by atoms with Crippen LogP contribution in [0, 0.1) is 16.0 Å². The predicted molar refractivity (Wildman–Crippen MR) is 156 cm³/mol. The van der Waals surface area contributed by atoms with Crippen LogP contribution in [0.15, 0.2) is 76.8 Å². The number of hydrogen-bond acceptors (Lipinski definition) is 9. The van der Waals surface area contributed by atoms with Crippen molar-refractivity contribution in [3.63, 3.8) is 0 Å². The van der Waals surface area contributed by atoms with E-state index in [2.05, 4.69) is 21.7 Å². The largest absolute Gasteiger partial charge is 0.362 e. The van der Waals surface area contributed by atoms with Gasteiger partial charge in [0, 0.05) is 55.3 Å². The standard InChI is InChI=1S/C29H33N7O2S/c1-35(2)28-24-7-3-4-8-25(24)33-29(34-28)32-22-12-10-20(11-13-22)18-30-19-21-17-23(36(37)38)14-15-26(21)39-27-9-5-6-16-31-27/h3-9,14-17,20,22,30H,10-13,18-19H2,1-2H3,(H,32,33,34). The van der Waals surface area contributed by atoms with Crippen molar-refractivity contribution in [1.29, 1.82) is 0 Å². The van der Waals surface area contributed by atoms with Crippen molar-refractivity contribution < 1.29 is 4.92 Å². The van der Waals surface area contributed by atoms with Gasteiger partial charge in [-0.2, -0.15) is 4.98 Å². The molecule has 0 bridgehead atoms. The summed E-state index contributed by atoms with van der Waals surface area (Å²) < 4.78 is 0. The Morgan fingerprint density at radius 3 is 2.56 bits per heavy atom. The third kappa shape index (κ3) is 6.82. The van der Waals surface area contributed by atoms with Gasteiger partial charge in [-0.05, 0) is 74.0 Å². The van der Waals surface area contributed by atoms with Crippen molar-refractivity contribution in [3.05, 3.63) is 82.5 Å². The summed E-state index contributed by atoms with van der Waals surface area (Å²) in [4.78, 5) is 28.0. The van der Waals surface area contributed by atoms with Crippen LogP contribution in [0.2, 0.25) is 0 Å². The second-order valence-electron chi connectivity index (χ2n) is 10.1. The fourth-order valence-corrected chi connectivity index (χ4v) is 5.89. The highest BCUT2D eigenvalue weighted by molar-refractivity contribution is 7.99. The van der Waals surface area contributed by atoms with Crippen LogP contribution in [0.3, 0.4) is 0 Å². The molecule has 2 N–H and O–H groups in total. The number of aromatic nitrogens is 3. The van der Waals surface area contributed by atoms with E-state index in [1.165, 1.54) is 11.8 Å². The van der Waals surface area contributed by atoms with Gasteiger partial charge in [-0.3, -0.25) is 10.1 Å². The van der Waals surface area contributed by atoms with Crippen molar-refractivity contribution in [2.45, 2.75) is 48.2 Å². The molecule has 202 valence electrons. The molecule has 2 heterocycles. The number of fused-ring (bicyclic) bond motifs is 1. The van der Waals surface area contributed by atoms with Crippen molar-refractivity contribution in [2.75, 3.05) is 30.9 Å². The Morgan fingerprint density at radius 1 is 1.03 bits per heavy atom. The van der Waals surface area contributed by atoms with Gasteiger partial charge in [0.25, 0.3) is 5.69 Å². The van der Waals surface area contributed by atoms with Gasteiger partial charge in [0.15, 0.2) is 0 Å². The molecule has 5 rings (SSSR count). The van der Waals surface area contributed by atoms with Crippen LogP contribution >= 0.6 is 11.8 Å². The van der Waals surface area contributed by atoms with Gasteiger partial charge in [0.1, 0.15) is 10.8 Å². The van der Waals surface area contributed by atoms with Crippen LogP contribution < -0.4 is 15.5 Å². The zero-order valence-corrected chi connectivity index (χ0v) is 23.0. The number of hydrogen-bond donors (Lipinski definition) is 2. The minimum atomic E-state index is -0.340. The molecule has 0 unspecified atom stereocenters. The van der Waals surface area contributed by atoms with E-state index in [1.54, 1.807) is 18.3 Å². The minimum absolute atomic E-state index is 0.108. The van der Waals surface area contributed by atoms with Gasteiger partial charge in [-0.15, -0.1) is 0 Å². The molecular weight excluding hydrogens is 510 g/mol. The number of non-ortho nitro benzene ring substituents is 1. The fraction of sp³-hybridized carbons (Fsp3) is 0.345. The van der Waals surface area contributed by atoms with Gasteiger partial charge < -0.3 is 15.5 Å². The summed E-state index contributed by atoms with van der Waals surface area (Å²) in [5.74, 6) is 2.16. The lowest BCUT2D eigenvalue weighted by molar-refractivity contribution is -0.385. The number of benzene rings is 2. The molecular formula is C29H33N7O2S. The highest BCUT2D eigenvalue weighted by atomic mass is 32.2. The molecule has 0 saturated heterocycles. The number of nitro benzene ring substituents is 1. The molecule has 0 aliphatic heterocycles. The Hall–Kier alpha value is -3.76. The van der Waals surface area contributed by atoms with E-state index in [1.807, 2.05) is 61.5 Å². The molecule has 10 heteroatoms. The number of nitro groups is 1. The molecule has 1 aliphatic carbocycles. The van der Waals surface area contributed by atoms with Crippen molar-refractivity contribution in [1.82, 2.24) is 20.3 Å². The third-order valence-corrected chi connectivity index (χ3v) is 8.11. The van der Waals surface area contributed by atoms with E-state index >= 15 is 0 Å². The molecule has 2 aromatic carbocycles. The summed E-state index contributed by atoms with van der Waals surface area (Å²) in [5.41, 5.74) is 1.97. The lowest BCUT2D eigenvalue weighted by atomic mass is 9.86. The topological polar surface area (TPSA) is 109 Å². The molecule has 39 heavy (non-hydrogen) atoms. The number of pyridine rings is 1. The quantitative estimate of drug-likeness (QED) is 0.186. The number of rotatable bonds is 10. The highest BCUT2D eigenvalue weighted by Gasteiger charge is 2.22. The third-order valence-electron chi connectivity index (χ3n) is 7.04. The van der Waals surface area contributed by atoms with Crippen LogP contribution in [0.5, 0.6) is 0 Å². The Kier molecular flexibility index (Phi) is 8.53. The number of anilines is 2. The van der Waals surface area contributed by atoms with Crippen molar-refractivity contribution >= 4 is 40.1 Å². The maximum absolute atomic E-state index is 11.4. The van der Waals surface area contributed by atoms with E-state index in [0.29, 0.717) is 24.5 Å². The monoisotopic (exact) mass is 543 g/mol. The molecule has 4 aromatic rings. The Labute approximate surface area is 232 Å².